The maximum absolute atomic E-state index is 12.0. The number of rotatable bonds is 5. The molecular formula is C21H24ClN3O2. The number of amides is 2. The Labute approximate surface area is 164 Å². The summed E-state index contributed by atoms with van der Waals surface area (Å²) in [7, 11) is 0. The lowest BCUT2D eigenvalue weighted by molar-refractivity contribution is -0.120. The van der Waals surface area contributed by atoms with Crippen LogP contribution in [0, 0.1) is 0 Å². The fourth-order valence-electron chi connectivity index (χ4n) is 2.33. The van der Waals surface area contributed by atoms with E-state index in [-0.39, 0.29) is 17.9 Å². The van der Waals surface area contributed by atoms with Crippen LogP contribution in [0.5, 0.6) is 0 Å². The van der Waals surface area contributed by atoms with Crippen molar-refractivity contribution in [2.75, 3.05) is 6.54 Å². The third-order valence-electron chi connectivity index (χ3n) is 4.03. The molecule has 5 nitrogen and oxygen atoms in total. The van der Waals surface area contributed by atoms with Crippen molar-refractivity contribution in [2.45, 2.75) is 33.1 Å². The molecule has 0 radical (unpaired) electrons. The fraction of sp³-hybridized carbons (Fsp3) is 0.286. The highest BCUT2D eigenvalue weighted by molar-refractivity contribution is 6.30. The van der Waals surface area contributed by atoms with Crippen LogP contribution < -0.4 is 10.7 Å². The van der Waals surface area contributed by atoms with Gasteiger partial charge in [0, 0.05) is 10.6 Å². The number of nitrogens with zero attached hydrogens (tertiary/aromatic N) is 1. The predicted octanol–water partition coefficient (Wildman–Crippen LogP) is 3.91. The first-order valence-corrected chi connectivity index (χ1v) is 9.02. The molecule has 2 aromatic carbocycles. The Kier molecular flexibility index (Phi) is 6.75. The summed E-state index contributed by atoms with van der Waals surface area (Å²) in [5, 5.41) is 7.19. The van der Waals surface area contributed by atoms with Crippen molar-refractivity contribution in [2.24, 2.45) is 5.10 Å². The van der Waals surface area contributed by atoms with Crippen molar-refractivity contribution in [3.05, 3.63) is 70.2 Å². The molecule has 2 N–H and O–H groups in total. The van der Waals surface area contributed by atoms with Crippen molar-refractivity contribution < 1.29 is 9.59 Å². The number of nitrogens with one attached hydrogen (secondary N) is 2. The van der Waals surface area contributed by atoms with Crippen LogP contribution in [0.25, 0.3) is 0 Å². The van der Waals surface area contributed by atoms with Crippen LogP contribution in [0.2, 0.25) is 5.02 Å². The van der Waals surface area contributed by atoms with Crippen molar-refractivity contribution in [1.82, 2.24) is 10.7 Å². The molecule has 2 aromatic rings. The van der Waals surface area contributed by atoms with Crippen molar-refractivity contribution in [1.29, 1.82) is 0 Å². The summed E-state index contributed by atoms with van der Waals surface area (Å²) >= 11 is 5.79. The highest BCUT2D eigenvalue weighted by Crippen LogP contribution is 2.22. The van der Waals surface area contributed by atoms with Crippen molar-refractivity contribution >= 4 is 29.1 Å². The second-order valence-corrected chi connectivity index (χ2v) is 7.69. The lowest BCUT2D eigenvalue weighted by Crippen LogP contribution is -2.35. The van der Waals surface area contributed by atoms with E-state index in [1.807, 2.05) is 19.1 Å². The molecule has 0 bridgehead atoms. The summed E-state index contributed by atoms with van der Waals surface area (Å²) in [4.78, 5) is 23.9. The van der Waals surface area contributed by atoms with Gasteiger partial charge in [-0.25, -0.2) is 5.43 Å². The van der Waals surface area contributed by atoms with Crippen LogP contribution >= 0.6 is 11.6 Å². The Morgan fingerprint density at radius 2 is 1.52 bits per heavy atom. The van der Waals surface area contributed by atoms with Gasteiger partial charge in [0.1, 0.15) is 0 Å². The molecule has 2 rings (SSSR count). The van der Waals surface area contributed by atoms with E-state index in [0.29, 0.717) is 16.3 Å². The Morgan fingerprint density at radius 1 is 0.963 bits per heavy atom. The van der Waals surface area contributed by atoms with E-state index in [1.54, 1.807) is 24.3 Å². The standard InChI is InChI=1S/C21H24ClN3O2/c1-14(15-5-9-17(10-6-15)21(2,3)4)24-25-19(26)13-23-20(27)16-7-11-18(22)12-8-16/h5-12H,13H2,1-4H3,(H,23,27)(H,25,26). The quantitative estimate of drug-likeness (QED) is 0.605. The largest absolute Gasteiger partial charge is 0.343 e. The Balaban J connectivity index is 1.88. The zero-order valence-electron chi connectivity index (χ0n) is 16.0. The van der Waals surface area contributed by atoms with E-state index in [1.165, 1.54) is 5.56 Å². The SMILES string of the molecule is CC(=NNC(=O)CNC(=O)c1ccc(Cl)cc1)c1ccc(C(C)(C)C)cc1. The van der Waals surface area contributed by atoms with Gasteiger partial charge in [0.05, 0.1) is 12.3 Å². The van der Waals surface area contributed by atoms with Gasteiger partial charge in [0.2, 0.25) is 0 Å². The van der Waals surface area contributed by atoms with Gasteiger partial charge < -0.3 is 5.32 Å². The van der Waals surface area contributed by atoms with Gasteiger partial charge >= 0.3 is 0 Å². The number of carbonyl (C=O) groups excluding carboxylic acids is 2. The van der Waals surface area contributed by atoms with Gasteiger partial charge in [-0.1, -0.05) is 56.6 Å². The van der Waals surface area contributed by atoms with Crippen LogP contribution in [0.15, 0.2) is 53.6 Å². The fourth-order valence-corrected chi connectivity index (χ4v) is 2.45. The maximum Gasteiger partial charge on any atom is 0.259 e. The molecule has 0 saturated heterocycles. The third-order valence-corrected chi connectivity index (χ3v) is 4.28. The monoisotopic (exact) mass is 385 g/mol. The van der Waals surface area contributed by atoms with Crippen molar-refractivity contribution in [3.8, 4) is 0 Å². The summed E-state index contributed by atoms with van der Waals surface area (Å²) in [5.74, 6) is -0.747. The van der Waals surface area contributed by atoms with E-state index in [2.05, 4.69) is 48.7 Å². The topological polar surface area (TPSA) is 70.6 Å². The second kappa shape index (κ2) is 8.82. The molecule has 0 heterocycles. The number of hydrogen-bond acceptors (Lipinski definition) is 3. The molecule has 0 aliphatic heterocycles. The zero-order chi connectivity index (χ0) is 20.0. The third kappa shape index (κ3) is 6.22. The Bertz CT molecular complexity index is 835. The molecule has 0 aromatic heterocycles. The van der Waals surface area contributed by atoms with E-state index >= 15 is 0 Å². The predicted molar refractivity (Wildman–Crippen MR) is 109 cm³/mol. The van der Waals surface area contributed by atoms with Gasteiger partial charge in [-0.15, -0.1) is 0 Å². The normalized spacial score (nSPS) is 11.8. The number of halogens is 1. The van der Waals surface area contributed by atoms with Gasteiger partial charge in [0.25, 0.3) is 11.8 Å². The van der Waals surface area contributed by atoms with Gasteiger partial charge in [0.15, 0.2) is 0 Å². The summed E-state index contributed by atoms with van der Waals surface area (Å²) in [6.45, 7) is 8.12. The number of hydrazone groups is 1. The number of benzene rings is 2. The first-order chi connectivity index (χ1) is 12.7. The molecule has 0 spiro atoms. The van der Waals surface area contributed by atoms with E-state index < -0.39 is 5.91 Å². The summed E-state index contributed by atoms with van der Waals surface area (Å²) in [5.41, 5.74) is 5.82. The summed E-state index contributed by atoms with van der Waals surface area (Å²) in [6.07, 6.45) is 0. The lowest BCUT2D eigenvalue weighted by atomic mass is 9.86. The number of hydrogen-bond donors (Lipinski definition) is 2. The molecule has 0 aliphatic carbocycles. The smallest absolute Gasteiger partial charge is 0.259 e. The second-order valence-electron chi connectivity index (χ2n) is 7.25. The molecule has 0 aliphatic rings. The first kappa shape index (κ1) is 20.6. The molecular weight excluding hydrogens is 362 g/mol. The minimum Gasteiger partial charge on any atom is -0.343 e. The average molecular weight is 386 g/mol. The van der Waals surface area contributed by atoms with Crippen molar-refractivity contribution in [3.63, 3.8) is 0 Å². The minimum absolute atomic E-state index is 0.0834. The molecule has 0 saturated carbocycles. The summed E-state index contributed by atoms with van der Waals surface area (Å²) < 4.78 is 0. The van der Waals surface area contributed by atoms with Gasteiger partial charge in [-0.3, -0.25) is 9.59 Å². The molecule has 0 unspecified atom stereocenters. The van der Waals surface area contributed by atoms with E-state index in [9.17, 15) is 9.59 Å². The van der Waals surface area contributed by atoms with Crippen LogP contribution in [-0.2, 0) is 10.2 Å². The van der Waals surface area contributed by atoms with Crippen LogP contribution in [0.4, 0.5) is 0 Å². The van der Waals surface area contributed by atoms with E-state index in [4.69, 9.17) is 11.6 Å². The lowest BCUT2D eigenvalue weighted by Gasteiger charge is -2.19. The average Bonchev–Trinajstić information content (AvgIpc) is 2.64. The molecule has 142 valence electrons. The van der Waals surface area contributed by atoms with Gasteiger partial charge in [-0.2, -0.15) is 5.10 Å². The van der Waals surface area contributed by atoms with Gasteiger partial charge in [-0.05, 0) is 47.7 Å². The van der Waals surface area contributed by atoms with E-state index in [0.717, 1.165) is 5.56 Å². The van der Waals surface area contributed by atoms with Crippen LogP contribution in [0.3, 0.4) is 0 Å². The Morgan fingerprint density at radius 3 is 2.07 bits per heavy atom. The van der Waals surface area contributed by atoms with Crippen LogP contribution in [0.1, 0.15) is 49.2 Å². The molecule has 6 heteroatoms. The number of carbonyl (C=O) groups is 2. The maximum atomic E-state index is 12.0. The molecule has 2 amide bonds. The zero-order valence-corrected chi connectivity index (χ0v) is 16.7. The molecule has 0 atom stereocenters. The minimum atomic E-state index is -0.400. The first-order valence-electron chi connectivity index (χ1n) is 8.64. The molecule has 27 heavy (non-hydrogen) atoms. The summed E-state index contributed by atoms with van der Waals surface area (Å²) in [6, 6.07) is 14.5. The van der Waals surface area contributed by atoms with Crippen LogP contribution in [-0.4, -0.2) is 24.1 Å². The molecule has 0 fully saturated rings. The Hall–Kier alpha value is -2.66. The highest BCUT2D eigenvalue weighted by atomic mass is 35.5. The highest BCUT2D eigenvalue weighted by Gasteiger charge is 2.13.